The number of rotatable bonds is 3. The van der Waals surface area contributed by atoms with Crippen molar-refractivity contribution in [3.63, 3.8) is 0 Å². The average molecular weight is 262 g/mol. The van der Waals surface area contributed by atoms with Crippen molar-refractivity contribution in [3.05, 3.63) is 53.0 Å². The van der Waals surface area contributed by atoms with Gasteiger partial charge in [-0.25, -0.2) is 0 Å². The predicted octanol–water partition coefficient (Wildman–Crippen LogP) is 2.79. The van der Waals surface area contributed by atoms with E-state index < -0.39 is 0 Å². The number of nitrogens with zero attached hydrogens (tertiary/aromatic N) is 2. The topological polar surface area (TPSA) is 57.0 Å². The third-order valence-corrected chi connectivity index (χ3v) is 3.20. The molecule has 0 amide bonds. The van der Waals surface area contributed by atoms with E-state index in [0.29, 0.717) is 18.1 Å². The van der Waals surface area contributed by atoms with E-state index in [1.807, 2.05) is 30.5 Å². The minimum atomic E-state index is 0.502. The number of benzene rings is 1. The lowest BCUT2D eigenvalue weighted by Gasteiger charge is -2.02. The third kappa shape index (κ3) is 1.89. The van der Waals surface area contributed by atoms with Crippen molar-refractivity contribution in [3.8, 4) is 0 Å². The maximum atomic E-state index is 6.04. The van der Waals surface area contributed by atoms with Gasteiger partial charge in [-0.05, 0) is 17.7 Å². The minimum Gasteiger partial charge on any atom is -0.359 e. The molecule has 1 aromatic carbocycles. The molecule has 0 aliphatic rings. The molecule has 2 N–H and O–H groups in total. The Morgan fingerprint density at radius 3 is 2.94 bits per heavy atom. The summed E-state index contributed by atoms with van der Waals surface area (Å²) in [5, 5.41) is 5.54. The Balaban J connectivity index is 2.13. The standard InChI is InChI=1S/C13H12ClN3O/c14-10-1-2-12-9(6-15)7-17(13(12)5-10)8-11-3-4-16-18-11/h1-5,7H,6,8,15H2. The first-order chi connectivity index (χ1) is 8.78. The Bertz CT molecular complexity index is 673. The molecule has 0 radical (unpaired) electrons. The number of hydrogen-bond acceptors (Lipinski definition) is 3. The molecule has 3 rings (SSSR count). The van der Waals surface area contributed by atoms with E-state index in [2.05, 4.69) is 9.72 Å². The van der Waals surface area contributed by atoms with Crippen LogP contribution in [-0.4, -0.2) is 9.72 Å². The summed E-state index contributed by atoms with van der Waals surface area (Å²) in [4.78, 5) is 0. The van der Waals surface area contributed by atoms with Gasteiger partial charge < -0.3 is 14.8 Å². The zero-order valence-corrected chi connectivity index (χ0v) is 10.4. The molecule has 92 valence electrons. The van der Waals surface area contributed by atoms with Crippen LogP contribution in [0.25, 0.3) is 10.9 Å². The van der Waals surface area contributed by atoms with E-state index in [1.165, 1.54) is 0 Å². The van der Waals surface area contributed by atoms with Crippen LogP contribution in [0.3, 0.4) is 0 Å². The lowest BCUT2D eigenvalue weighted by atomic mass is 10.2. The van der Waals surface area contributed by atoms with E-state index in [1.54, 1.807) is 6.20 Å². The summed E-state index contributed by atoms with van der Waals surface area (Å²) < 4.78 is 7.20. The number of nitrogens with two attached hydrogens (primary N) is 1. The van der Waals surface area contributed by atoms with Gasteiger partial charge in [-0.2, -0.15) is 0 Å². The summed E-state index contributed by atoms with van der Waals surface area (Å²) in [6.07, 6.45) is 3.67. The highest BCUT2D eigenvalue weighted by molar-refractivity contribution is 6.31. The van der Waals surface area contributed by atoms with Crippen LogP contribution >= 0.6 is 11.6 Å². The molecule has 0 saturated carbocycles. The highest BCUT2D eigenvalue weighted by Crippen LogP contribution is 2.25. The molecule has 18 heavy (non-hydrogen) atoms. The second-order valence-electron chi connectivity index (χ2n) is 4.13. The van der Waals surface area contributed by atoms with Crippen LogP contribution in [0, 0.1) is 0 Å². The van der Waals surface area contributed by atoms with Gasteiger partial charge in [0.1, 0.15) is 0 Å². The number of halogens is 1. The summed E-state index contributed by atoms with van der Waals surface area (Å²) in [5.41, 5.74) is 7.91. The third-order valence-electron chi connectivity index (χ3n) is 2.96. The molecule has 0 saturated heterocycles. The molecular formula is C13H12ClN3O. The van der Waals surface area contributed by atoms with Crippen molar-refractivity contribution in [2.24, 2.45) is 5.73 Å². The van der Waals surface area contributed by atoms with Crippen molar-refractivity contribution >= 4 is 22.5 Å². The zero-order valence-electron chi connectivity index (χ0n) is 9.64. The van der Waals surface area contributed by atoms with Gasteiger partial charge >= 0.3 is 0 Å². The van der Waals surface area contributed by atoms with Crippen LogP contribution in [0.5, 0.6) is 0 Å². The second-order valence-corrected chi connectivity index (χ2v) is 4.56. The molecule has 0 fully saturated rings. The number of hydrogen-bond donors (Lipinski definition) is 1. The first kappa shape index (κ1) is 11.3. The van der Waals surface area contributed by atoms with Crippen molar-refractivity contribution in [2.75, 3.05) is 0 Å². The van der Waals surface area contributed by atoms with Crippen molar-refractivity contribution in [1.82, 2.24) is 9.72 Å². The molecule has 0 atom stereocenters. The van der Waals surface area contributed by atoms with E-state index in [9.17, 15) is 0 Å². The van der Waals surface area contributed by atoms with Crippen molar-refractivity contribution < 1.29 is 4.52 Å². The van der Waals surface area contributed by atoms with Crippen LogP contribution < -0.4 is 5.73 Å². The van der Waals surface area contributed by atoms with Gasteiger partial charge in [-0.1, -0.05) is 22.8 Å². The molecule has 0 aliphatic heterocycles. The first-order valence-electron chi connectivity index (χ1n) is 5.65. The van der Waals surface area contributed by atoms with E-state index >= 15 is 0 Å². The van der Waals surface area contributed by atoms with Crippen LogP contribution in [0.15, 0.2) is 41.2 Å². The van der Waals surface area contributed by atoms with Gasteiger partial charge in [0.25, 0.3) is 0 Å². The van der Waals surface area contributed by atoms with E-state index in [0.717, 1.165) is 22.2 Å². The minimum absolute atomic E-state index is 0.502. The predicted molar refractivity (Wildman–Crippen MR) is 70.4 cm³/mol. The maximum absolute atomic E-state index is 6.04. The highest BCUT2D eigenvalue weighted by atomic mass is 35.5. The lowest BCUT2D eigenvalue weighted by molar-refractivity contribution is 0.377. The Morgan fingerprint density at radius 2 is 2.22 bits per heavy atom. The van der Waals surface area contributed by atoms with Crippen molar-refractivity contribution in [1.29, 1.82) is 0 Å². The summed E-state index contributed by atoms with van der Waals surface area (Å²) in [7, 11) is 0. The quantitative estimate of drug-likeness (QED) is 0.789. The van der Waals surface area contributed by atoms with Crippen LogP contribution in [-0.2, 0) is 13.1 Å². The van der Waals surface area contributed by atoms with Gasteiger partial charge in [0.2, 0.25) is 0 Å². The van der Waals surface area contributed by atoms with Gasteiger partial charge in [0.15, 0.2) is 5.76 Å². The Hall–Kier alpha value is -1.78. The maximum Gasteiger partial charge on any atom is 0.156 e. The summed E-state index contributed by atoms with van der Waals surface area (Å²) in [6, 6.07) is 7.66. The van der Waals surface area contributed by atoms with Crippen LogP contribution in [0.4, 0.5) is 0 Å². The molecule has 5 heteroatoms. The number of fused-ring (bicyclic) bond motifs is 1. The monoisotopic (exact) mass is 261 g/mol. The van der Waals surface area contributed by atoms with Gasteiger partial charge in [0.05, 0.1) is 18.3 Å². The Labute approximate surface area is 109 Å². The molecule has 2 heterocycles. The molecular weight excluding hydrogens is 250 g/mol. The second kappa shape index (κ2) is 4.48. The molecule has 0 bridgehead atoms. The van der Waals surface area contributed by atoms with Crippen LogP contribution in [0.1, 0.15) is 11.3 Å². The smallest absolute Gasteiger partial charge is 0.156 e. The molecule has 4 nitrogen and oxygen atoms in total. The molecule has 0 unspecified atom stereocenters. The van der Waals surface area contributed by atoms with Crippen LogP contribution in [0.2, 0.25) is 5.02 Å². The summed E-state index contributed by atoms with van der Waals surface area (Å²) in [6.45, 7) is 1.12. The lowest BCUT2D eigenvalue weighted by Crippen LogP contribution is -1.97. The molecule has 3 aromatic rings. The fourth-order valence-electron chi connectivity index (χ4n) is 2.13. The first-order valence-corrected chi connectivity index (χ1v) is 6.02. The largest absolute Gasteiger partial charge is 0.359 e. The highest BCUT2D eigenvalue weighted by Gasteiger charge is 2.09. The van der Waals surface area contributed by atoms with E-state index in [-0.39, 0.29) is 0 Å². The average Bonchev–Trinajstić information content (AvgIpc) is 2.98. The molecule has 0 aliphatic carbocycles. The van der Waals surface area contributed by atoms with Gasteiger partial charge in [-0.3, -0.25) is 0 Å². The van der Waals surface area contributed by atoms with Gasteiger partial charge in [0, 0.05) is 29.2 Å². The van der Waals surface area contributed by atoms with Gasteiger partial charge in [-0.15, -0.1) is 0 Å². The molecule has 2 aromatic heterocycles. The normalized spacial score (nSPS) is 11.2. The molecule has 0 spiro atoms. The SMILES string of the molecule is NCc1cn(Cc2ccno2)c2cc(Cl)ccc12. The number of aromatic nitrogens is 2. The van der Waals surface area contributed by atoms with Crippen molar-refractivity contribution in [2.45, 2.75) is 13.1 Å². The van der Waals surface area contributed by atoms with E-state index in [4.69, 9.17) is 21.9 Å². The fraction of sp³-hybridized carbons (Fsp3) is 0.154. The summed E-state index contributed by atoms with van der Waals surface area (Å²) >= 11 is 6.04. The fourth-order valence-corrected chi connectivity index (χ4v) is 2.29. The zero-order chi connectivity index (χ0) is 12.5. The Morgan fingerprint density at radius 1 is 1.33 bits per heavy atom. The Kier molecular flexibility index (Phi) is 2.81. The summed E-state index contributed by atoms with van der Waals surface area (Å²) in [5.74, 6) is 0.801.